The number of rotatable bonds is 7. The monoisotopic (exact) mass is 549 g/mol. The number of thioether (sulfide) groups is 1. The molecule has 0 saturated carbocycles. The van der Waals surface area contributed by atoms with Gasteiger partial charge >= 0.3 is 11.9 Å². The van der Waals surface area contributed by atoms with Crippen LogP contribution >= 0.6 is 46.6 Å². The second kappa shape index (κ2) is 10.1. The van der Waals surface area contributed by atoms with Crippen LogP contribution in [0.15, 0.2) is 40.5 Å². The zero-order valence-electron chi connectivity index (χ0n) is 17.8. The highest BCUT2D eigenvalue weighted by Crippen LogP contribution is 2.49. The quantitative estimate of drug-likeness (QED) is 0.0961. The Morgan fingerprint density at radius 3 is 2.53 bits per heavy atom. The molecule has 2 aliphatic heterocycles. The summed E-state index contributed by atoms with van der Waals surface area (Å²) in [5.41, 5.74) is -0.383. The van der Waals surface area contributed by atoms with Crippen LogP contribution in [0.4, 0.5) is 5.69 Å². The molecule has 0 aromatic heterocycles. The van der Waals surface area contributed by atoms with Crippen LogP contribution in [-0.2, 0) is 23.9 Å². The first-order valence-corrected chi connectivity index (χ1v) is 11.9. The van der Waals surface area contributed by atoms with Gasteiger partial charge in [0.25, 0.3) is 17.1 Å². The van der Waals surface area contributed by atoms with E-state index in [1.165, 1.54) is 54.1 Å². The molecule has 2 heterocycles. The molecule has 1 amide bonds. The maximum atomic E-state index is 13.3. The Hall–Kier alpha value is -2.34. The molecular formula is C20H18Cl3N3O7S. The standard InChI is InChI=1S/C20H18Cl3N3O7S/c1-11-14(8-32-12(2)27)9-34-17-20(16(28)25(11)17,18(29)33-10-19(21,22)23)24-7-13-3-5-15(6-4-13)26(30)31/h3-7,17H,8-10H2,1-2H3/t17-,20?/m1/s1. The van der Waals surface area contributed by atoms with Gasteiger partial charge in [0.2, 0.25) is 3.79 Å². The first kappa shape index (κ1) is 26.3. The highest BCUT2D eigenvalue weighted by molar-refractivity contribution is 8.00. The molecule has 0 radical (unpaired) electrons. The number of esters is 2. The molecule has 14 heteroatoms. The van der Waals surface area contributed by atoms with Crippen LogP contribution in [0.5, 0.6) is 0 Å². The Bertz CT molecular complexity index is 1090. The van der Waals surface area contributed by atoms with E-state index in [-0.39, 0.29) is 12.3 Å². The van der Waals surface area contributed by atoms with Crippen molar-refractivity contribution in [2.75, 3.05) is 19.0 Å². The van der Waals surface area contributed by atoms with Crippen LogP contribution in [0.25, 0.3) is 0 Å². The smallest absolute Gasteiger partial charge is 0.347 e. The van der Waals surface area contributed by atoms with E-state index in [4.69, 9.17) is 44.3 Å². The lowest BCUT2D eigenvalue weighted by molar-refractivity contribution is -0.384. The molecule has 2 aliphatic rings. The largest absolute Gasteiger partial charge is 0.461 e. The summed E-state index contributed by atoms with van der Waals surface area (Å²) in [6.07, 6.45) is 1.27. The van der Waals surface area contributed by atoms with Gasteiger partial charge in [-0.1, -0.05) is 34.8 Å². The van der Waals surface area contributed by atoms with Crippen LogP contribution < -0.4 is 0 Å². The highest BCUT2D eigenvalue weighted by atomic mass is 35.6. The molecule has 1 aromatic rings. The van der Waals surface area contributed by atoms with Crippen LogP contribution in [0, 0.1) is 10.1 Å². The van der Waals surface area contributed by atoms with Crippen LogP contribution in [0.2, 0.25) is 0 Å². The second-order valence-corrected chi connectivity index (χ2v) is 11.0. The molecule has 1 fully saturated rings. The molecule has 0 spiro atoms. The number of fused-ring (bicyclic) bond motifs is 1. The fourth-order valence-corrected chi connectivity index (χ4v) is 5.02. The number of halogens is 3. The maximum absolute atomic E-state index is 13.3. The summed E-state index contributed by atoms with van der Waals surface area (Å²) in [4.78, 5) is 53.5. The summed E-state index contributed by atoms with van der Waals surface area (Å²) < 4.78 is 8.28. The van der Waals surface area contributed by atoms with Gasteiger partial charge in [-0.15, -0.1) is 11.8 Å². The van der Waals surface area contributed by atoms with E-state index in [0.29, 0.717) is 22.6 Å². The summed E-state index contributed by atoms with van der Waals surface area (Å²) in [7, 11) is 0. The Balaban J connectivity index is 1.92. The van der Waals surface area contributed by atoms with E-state index >= 15 is 0 Å². The van der Waals surface area contributed by atoms with Crippen molar-refractivity contribution < 1.29 is 28.8 Å². The normalized spacial score (nSPS) is 22.3. The lowest BCUT2D eigenvalue weighted by atomic mass is 9.87. The number of carbonyl (C=O) groups is 3. The van der Waals surface area contributed by atoms with Gasteiger partial charge in [-0.05, 0) is 30.2 Å². The fraction of sp³-hybridized carbons (Fsp3) is 0.400. The average Bonchev–Trinajstić information content (AvgIpc) is 2.76. The van der Waals surface area contributed by atoms with Crippen molar-refractivity contribution in [3.8, 4) is 0 Å². The van der Waals surface area contributed by atoms with E-state index in [0.717, 1.165) is 0 Å². The molecule has 1 aromatic carbocycles. The van der Waals surface area contributed by atoms with Crippen LogP contribution in [-0.4, -0.2) is 67.6 Å². The molecule has 10 nitrogen and oxygen atoms in total. The van der Waals surface area contributed by atoms with E-state index in [1.54, 1.807) is 6.92 Å². The minimum Gasteiger partial charge on any atom is -0.461 e. The molecule has 0 aliphatic carbocycles. The topological polar surface area (TPSA) is 128 Å². The van der Waals surface area contributed by atoms with Gasteiger partial charge in [0, 0.05) is 36.7 Å². The number of hydrogen-bond acceptors (Lipinski definition) is 9. The first-order valence-electron chi connectivity index (χ1n) is 9.67. The van der Waals surface area contributed by atoms with Crippen molar-refractivity contribution in [2.45, 2.75) is 28.6 Å². The predicted octanol–water partition coefficient (Wildman–Crippen LogP) is 3.42. The molecular weight excluding hydrogens is 533 g/mol. The van der Waals surface area contributed by atoms with Gasteiger partial charge in [-0.25, -0.2) is 4.79 Å². The molecule has 1 saturated heterocycles. The SMILES string of the molecule is CC(=O)OCC1=C(C)N2C(=O)C(N=Cc3ccc([N+](=O)[O-])cc3)(C(=O)OCC(Cl)(Cl)Cl)[C@H]2SC1. The molecule has 0 bridgehead atoms. The molecule has 2 atom stereocenters. The number of nitrogens with zero attached hydrogens (tertiary/aromatic N) is 3. The molecule has 0 N–H and O–H groups in total. The third kappa shape index (κ3) is 5.32. The second-order valence-electron chi connectivity index (χ2n) is 7.37. The Morgan fingerprint density at radius 1 is 1.32 bits per heavy atom. The Kier molecular flexibility index (Phi) is 7.81. The number of allylic oxidation sites excluding steroid dienone is 1. The number of nitro benzene ring substituents is 1. The number of hydrogen-bond donors (Lipinski definition) is 0. The third-order valence-corrected chi connectivity index (χ3v) is 6.78. The van der Waals surface area contributed by atoms with Crippen molar-refractivity contribution in [1.29, 1.82) is 0 Å². The Labute approximate surface area is 213 Å². The van der Waals surface area contributed by atoms with Gasteiger partial charge in [0.15, 0.2) is 0 Å². The van der Waals surface area contributed by atoms with E-state index in [2.05, 4.69) is 4.99 Å². The van der Waals surface area contributed by atoms with Gasteiger partial charge in [-0.2, -0.15) is 0 Å². The van der Waals surface area contributed by atoms with Crippen LogP contribution in [0.1, 0.15) is 19.4 Å². The van der Waals surface area contributed by atoms with Crippen molar-refractivity contribution in [2.24, 2.45) is 4.99 Å². The average molecular weight is 551 g/mol. The van der Waals surface area contributed by atoms with Crippen LogP contribution in [0.3, 0.4) is 0 Å². The lowest BCUT2D eigenvalue weighted by Crippen LogP contribution is -2.75. The molecule has 182 valence electrons. The van der Waals surface area contributed by atoms with Gasteiger partial charge in [-0.3, -0.25) is 29.6 Å². The number of ether oxygens (including phenoxy) is 2. The maximum Gasteiger partial charge on any atom is 0.347 e. The highest BCUT2D eigenvalue weighted by Gasteiger charge is 2.69. The Morgan fingerprint density at radius 2 is 1.97 bits per heavy atom. The van der Waals surface area contributed by atoms with E-state index < -0.39 is 44.1 Å². The fourth-order valence-electron chi connectivity index (χ4n) is 3.30. The summed E-state index contributed by atoms with van der Waals surface area (Å²) in [5, 5.41) is 10.1. The first-order chi connectivity index (χ1) is 15.9. The lowest BCUT2D eigenvalue weighted by Gasteiger charge is -2.53. The molecule has 3 rings (SSSR count). The number of non-ortho nitro benzene ring substituents is 1. The van der Waals surface area contributed by atoms with Gasteiger partial charge in [0.1, 0.15) is 18.6 Å². The number of nitro groups is 1. The zero-order chi connectivity index (χ0) is 25.3. The van der Waals surface area contributed by atoms with Crippen molar-refractivity contribution in [3.63, 3.8) is 0 Å². The van der Waals surface area contributed by atoms with E-state index in [1.807, 2.05) is 0 Å². The number of aliphatic imine (C=N–C) groups is 1. The number of amides is 1. The minimum atomic E-state index is -1.95. The number of alkyl halides is 3. The van der Waals surface area contributed by atoms with Crippen molar-refractivity contribution in [1.82, 2.24) is 4.90 Å². The third-order valence-electron chi connectivity index (χ3n) is 5.07. The summed E-state index contributed by atoms with van der Waals surface area (Å²) in [6.45, 7) is 2.38. The van der Waals surface area contributed by atoms with Gasteiger partial charge < -0.3 is 9.47 Å². The molecule has 34 heavy (non-hydrogen) atoms. The zero-order valence-corrected chi connectivity index (χ0v) is 20.9. The number of benzene rings is 1. The van der Waals surface area contributed by atoms with Gasteiger partial charge in [0.05, 0.1) is 4.92 Å². The summed E-state index contributed by atoms with van der Waals surface area (Å²) >= 11 is 18.3. The number of β-lactam (4-membered cyclic amide) rings is 1. The molecule has 1 unspecified atom stereocenters. The number of carbonyl (C=O) groups excluding carboxylic acids is 3. The van der Waals surface area contributed by atoms with Crippen molar-refractivity contribution >= 4 is 76.3 Å². The summed E-state index contributed by atoms with van der Waals surface area (Å²) in [6, 6.07) is 5.40. The predicted molar refractivity (Wildman–Crippen MR) is 127 cm³/mol. The van der Waals surface area contributed by atoms with E-state index in [9.17, 15) is 24.5 Å². The minimum absolute atomic E-state index is 0.0153. The summed E-state index contributed by atoms with van der Waals surface area (Å²) in [5.74, 6) is -1.73. The van der Waals surface area contributed by atoms with Crippen molar-refractivity contribution in [3.05, 3.63) is 51.2 Å².